The summed E-state index contributed by atoms with van der Waals surface area (Å²) < 4.78 is 26.5. The van der Waals surface area contributed by atoms with E-state index in [4.69, 9.17) is 18.9 Å². The molecule has 43 heavy (non-hydrogen) atoms. The van der Waals surface area contributed by atoms with E-state index in [2.05, 4.69) is 0 Å². The first-order valence-electron chi connectivity index (χ1n) is 18.4. The Labute approximate surface area is 257 Å². The van der Waals surface area contributed by atoms with Gasteiger partial charge in [-0.05, 0) is 156 Å². The van der Waals surface area contributed by atoms with E-state index in [1.807, 2.05) is 0 Å². The van der Waals surface area contributed by atoms with Crippen molar-refractivity contribution < 1.29 is 28.5 Å². The highest BCUT2D eigenvalue weighted by Crippen LogP contribution is 2.63. The Hall–Kier alpha value is -1.14. The van der Waals surface area contributed by atoms with E-state index in [0.29, 0.717) is 60.6 Å². The highest BCUT2D eigenvalue weighted by molar-refractivity contribution is 5.78. The lowest BCUT2D eigenvalue weighted by Gasteiger charge is -2.62. The number of carbonyl (C=O) groups is 2. The molecule has 0 radical (unpaired) electrons. The van der Waals surface area contributed by atoms with Crippen LogP contribution < -0.4 is 0 Å². The third-order valence-electron chi connectivity index (χ3n) is 15.4. The van der Waals surface area contributed by atoms with Gasteiger partial charge in [-0.15, -0.1) is 0 Å². The molecule has 0 atom stereocenters. The monoisotopic (exact) mass is 592 g/mol. The highest BCUT2D eigenvalue weighted by Gasteiger charge is 2.63. The predicted molar refractivity (Wildman–Crippen MR) is 157 cm³/mol. The van der Waals surface area contributed by atoms with Crippen LogP contribution in [0, 0.1) is 75.4 Å². The van der Waals surface area contributed by atoms with Gasteiger partial charge in [-0.3, -0.25) is 9.59 Å². The summed E-state index contributed by atoms with van der Waals surface area (Å²) in [7, 11) is 0. The standard InChI is InChI=1S/C37H52O6/c38-32(35-12-24-2-25(13-35)4-26(3-24)14-35)40-18-34(19-41-33(39)36-15-27-5-28(16-36)7-29(6-27)17-36)20-42-37(43-21-34)30-8-22-1-23(10-30)11-31(37)9-22/h22-31H,1-21H2. The van der Waals surface area contributed by atoms with Crippen LogP contribution in [0.25, 0.3) is 0 Å². The Balaban J connectivity index is 0.874. The summed E-state index contributed by atoms with van der Waals surface area (Å²) in [6, 6.07) is 0. The molecular formula is C37H52O6. The summed E-state index contributed by atoms with van der Waals surface area (Å²) in [5.41, 5.74) is -1.20. The van der Waals surface area contributed by atoms with Crippen LogP contribution in [0.15, 0.2) is 0 Å². The van der Waals surface area contributed by atoms with Gasteiger partial charge in [-0.25, -0.2) is 0 Å². The van der Waals surface area contributed by atoms with Crippen LogP contribution in [0.2, 0.25) is 0 Å². The summed E-state index contributed by atoms with van der Waals surface area (Å²) in [6.45, 7) is 1.38. The molecule has 0 N–H and O–H groups in total. The van der Waals surface area contributed by atoms with Gasteiger partial charge in [0.1, 0.15) is 13.2 Å². The highest BCUT2D eigenvalue weighted by atomic mass is 16.7. The van der Waals surface area contributed by atoms with Gasteiger partial charge >= 0.3 is 11.9 Å². The fraction of sp³-hybridized carbons (Fsp3) is 0.946. The molecule has 236 valence electrons. The SMILES string of the molecule is O=C(OCC1(COC(=O)C23CC4CC(CC(C4)C2)C3)COC2(OC1)C1CC3CC(C1)CC2C3)C12CC3CC(CC(C3)C1)C2. The van der Waals surface area contributed by atoms with Gasteiger partial charge in [-0.1, -0.05) is 0 Å². The number of carbonyl (C=O) groups excluding carboxylic acids is 2. The van der Waals surface area contributed by atoms with E-state index in [9.17, 15) is 9.59 Å². The van der Waals surface area contributed by atoms with E-state index in [-0.39, 0.29) is 36.0 Å². The molecule has 0 amide bonds. The zero-order chi connectivity index (χ0) is 28.6. The maximum absolute atomic E-state index is 13.9. The second kappa shape index (κ2) is 9.23. The van der Waals surface area contributed by atoms with Gasteiger partial charge < -0.3 is 18.9 Å². The average Bonchev–Trinajstić information content (AvgIpc) is 2.97. The molecule has 1 saturated heterocycles. The van der Waals surface area contributed by atoms with E-state index in [1.165, 1.54) is 70.6 Å². The van der Waals surface area contributed by atoms with Crippen molar-refractivity contribution in [3.8, 4) is 0 Å². The van der Waals surface area contributed by atoms with Crippen LogP contribution >= 0.6 is 0 Å². The van der Waals surface area contributed by atoms with Crippen LogP contribution in [-0.4, -0.2) is 44.2 Å². The molecule has 1 aliphatic heterocycles. The van der Waals surface area contributed by atoms with Gasteiger partial charge in [-0.2, -0.15) is 0 Å². The predicted octanol–water partition coefficient (Wildman–Crippen LogP) is 6.69. The van der Waals surface area contributed by atoms with Crippen LogP contribution in [0.3, 0.4) is 0 Å². The third kappa shape index (κ3) is 4.09. The topological polar surface area (TPSA) is 71.1 Å². The minimum atomic E-state index is -0.629. The molecule has 6 nitrogen and oxygen atoms in total. The summed E-state index contributed by atoms with van der Waals surface area (Å²) >= 11 is 0. The number of hydrogen-bond acceptors (Lipinski definition) is 6. The average molecular weight is 593 g/mol. The molecule has 13 fully saturated rings. The number of esters is 2. The fourth-order valence-corrected chi connectivity index (χ4v) is 14.6. The molecule has 12 saturated carbocycles. The maximum atomic E-state index is 13.9. The van der Waals surface area contributed by atoms with Crippen LogP contribution in [0.1, 0.15) is 109 Å². The molecule has 13 aliphatic rings. The Kier molecular flexibility index (Phi) is 5.80. The van der Waals surface area contributed by atoms with Crippen molar-refractivity contribution in [1.29, 1.82) is 0 Å². The molecule has 6 heteroatoms. The molecule has 13 rings (SSSR count). The van der Waals surface area contributed by atoms with Crippen molar-refractivity contribution in [2.75, 3.05) is 26.4 Å². The summed E-state index contributed by atoms with van der Waals surface area (Å²) in [5, 5.41) is 0. The molecule has 12 bridgehead atoms. The van der Waals surface area contributed by atoms with Crippen molar-refractivity contribution >= 4 is 11.9 Å². The molecular weight excluding hydrogens is 540 g/mol. The molecule has 0 aromatic carbocycles. The van der Waals surface area contributed by atoms with Crippen molar-refractivity contribution in [2.45, 2.75) is 115 Å². The number of rotatable bonds is 6. The lowest BCUT2D eigenvalue weighted by molar-refractivity contribution is -0.385. The van der Waals surface area contributed by atoms with E-state index in [0.717, 1.165) is 50.4 Å². The van der Waals surface area contributed by atoms with Crippen LogP contribution in [0.4, 0.5) is 0 Å². The second-order valence-corrected chi connectivity index (χ2v) is 18.7. The summed E-state index contributed by atoms with van der Waals surface area (Å²) in [4.78, 5) is 27.9. The first kappa shape index (κ1) is 27.0. The fourth-order valence-electron chi connectivity index (χ4n) is 14.6. The van der Waals surface area contributed by atoms with E-state index >= 15 is 0 Å². The zero-order valence-electron chi connectivity index (χ0n) is 26.1. The van der Waals surface area contributed by atoms with Crippen molar-refractivity contribution in [1.82, 2.24) is 0 Å². The van der Waals surface area contributed by atoms with E-state index in [1.54, 1.807) is 0 Å². The molecule has 1 spiro atoms. The Morgan fingerprint density at radius 2 is 0.814 bits per heavy atom. The minimum absolute atomic E-state index is 0.00768. The largest absolute Gasteiger partial charge is 0.464 e. The maximum Gasteiger partial charge on any atom is 0.312 e. The van der Waals surface area contributed by atoms with Crippen LogP contribution in [-0.2, 0) is 28.5 Å². The Morgan fingerprint density at radius 3 is 1.16 bits per heavy atom. The summed E-state index contributed by atoms with van der Waals surface area (Å²) in [6.07, 6.45) is 20.2. The second-order valence-electron chi connectivity index (χ2n) is 18.7. The van der Waals surface area contributed by atoms with Gasteiger partial charge in [0.15, 0.2) is 5.79 Å². The number of hydrogen-bond donors (Lipinski definition) is 0. The van der Waals surface area contributed by atoms with E-state index < -0.39 is 11.2 Å². The number of ether oxygens (including phenoxy) is 4. The molecule has 0 aromatic rings. The van der Waals surface area contributed by atoms with Crippen molar-refractivity contribution in [3.63, 3.8) is 0 Å². The lowest BCUT2D eigenvalue weighted by Crippen LogP contribution is -2.65. The van der Waals surface area contributed by atoms with Crippen molar-refractivity contribution in [2.24, 2.45) is 75.4 Å². The van der Waals surface area contributed by atoms with Gasteiger partial charge in [0, 0.05) is 11.8 Å². The normalized spacial score (nSPS) is 56.6. The van der Waals surface area contributed by atoms with Gasteiger partial charge in [0.2, 0.25) is 0 Å². The quantitative estimate of drug-likeness (QED) is 0.320. The Bertz CT molecular complexity index is 1020. The first-order chi connectivity index (χ1) is 20.8. The minimum Gasteiger partial charge on any atom is -0.464 e. The first-order valence-corrected chi connectivity index (χ1v) is 18.4. The molecule has 0 unspecified atom stereocenters. The smallest absolute Gasteiger partial charge is 0.312 e. The lowest BCUT2D eigenvalue weighted by atomic mass is 9.49. The molecule has 1 heterocycles. The molecule has 12 aliphatic carbocycles. The molecule has 0 aromatic heterocycles. The van der Waals surface area contributed by atoms with Gasteiger partial charge in [0.25, 0.3) is 0 Å². The Morgan fingerprint density at radius 1 is 0.488 bits per heavy atom. The van der Waals surface area contributed by atoms with Gasteiger partial charge in [0.05, 0.1) is 29.5 Å². The summed E-state index contributed by atoms with van der Waals surface area (Å²) in [5.74, 6) is 6.38. The third-order valence-corrected chi connectivity index (χ3v) is 15.4. The van der Waals surface area contributed by atoms with Crippen LogP contribution in [0.5, 0.6) is 0 Å². The van der Waals surface area contributed by atoms with Crippen molar-refractivity contribution in [3.05, 3.63) is 0 Å². The zero-order valence-corrected chi connectivity index (χ0v) is 26.1.